The SMILES string of the molecule is CCC1CCC(NC(C)c2csc(Cl)c2)CC1. The number of halogens is 1. The van der Waals surface area contributed by atoms with Crippen LogP contribution in [0.4, 0.5) is 0 Å². The van der Waals surface area contributed by atoms with Crippen molar-refractivity contribution in [3.8, 4) is 0 Å². The van der Waals surface area contributed by atoms with E-state index in [9.17, 15) is 0 Å². The molecule has 0 radical (unpaired) electrons. The second-order valence-corrected chi connectivity index (χ2v) is 6.74. The summed E-state index contributed by atoms with van der Waals surface area (Å²) in [6, 6.07) is 3.22. The van der Waals surface area contributed by atoms with Crippen molar-refractivity contribution >= 4 is 22.9 Å². The van der Waals surface area contributed by atoms with Gasteiger partial charge in [-0.1, -0.05) is 24.9 Å². The minimum Gasteiger partial charge on any atom is -0.307 e. The lowest BCUT2D eigenvalue weighted by atomic mass is 9.84. The van der Waals surface area contributed by atoms with Crippen LogP contribution < -0.4 is 5.32 Å². The van der Waals surface area contributed by atoms with Gasteiger partial charge in [-0.15, -0.1) is 11.3 Å². The number of thiophene rings is 1. The van der Waals surface area contributed by atoms with E-state index in [1.165, 1.54) is 37.7 Å². The molecule has 1 aliphatic rings. The average molecular weight is 272 g/mol. The van der Waals surface area contributed by atoms with Gasteiger partial charge in [0.15, 0.2) is 0 Å². The molecule has 1 fully saturated rings. The Balaban J connectivity index is 1.81. The Bertz CT molecular complexity index is 342. The first-order chi connectivity index (χ1) is 8.19. The summed E-state index contributed by atoms with van der Waals surface area (Å²) in [7, 11) is 0. The summed E-state index contributed by atoms with van der Waals surface area (Å²) in [6.45, 7) is 4.55. The van der Waals surface area contributed by atoms with E-state index in [0.717, 1.165) is 10.3 Å². The first-order valence-corrected chi connectivity index (χ1v) is 7.94. The van der Waals surface area contributed by atoms with Crippen LogP contribution in [0.3, 0.4) is 0 Å². The Morgan fingerprint density at radius 3 is 2.65 bits per heavy atom. The van der Waals surface area contributed by atoms with Crippen LogP contribution in [0, 0.1) is 5.92 Å². The highest BCUT2D eigenvalue weighted by atomic mass is 35.5. The molecule has 96 valence electrons. The molecule has 1 aromatic heterocycles. The molecule has 1 nitrogen and oxygen atoms in total. The number of hydrogen-bond acceptors (Lipinski definition) is 2. The van der Waals surface area contributed by atoms with Crippen LogP contribution in [-0.2, 0) is 0 Å². The van der Waals surface area contributed by atoms with Crippen LogP contribution in [-0.4, -0.2) is 6.04 Å². The molecular formula is C14H22ClNS. The van der Waals surface area contributed by atoms with E-state index >= 15 is 0 Å². The van der Waals surface area contributed by atoms with Crippen molar-refractivity contribution < 1.29 is 0 Å². The lowest BCUT2D eigenvalue weighted by Gasteiger charge is -2.30. The highest BCUT2D eigenvalue weighted by molar-refractivity contribution is 7.14. The van der Waals surface area contributed by atoms with Gasteiger partial charge in [0.25, 0.3) is 0 Å². The van der Waals surface area contributed by atoms with Gasteiger partial charge in [-0.05, 0) is 55.5 Å². The van der Waals surface area contributed by atoms with Crippen molar-refractivity contribution in [2.75, 3.05) is 0 Å². The summed E-state index contributed by atoms with van der Waals surface area (Å²) in [4.78, 5) is 0. The normalized spacial score (nSPS) is 27.0. The van der Waals surface area contributed by atoms with Gasteiger partial charge in [-0.25, -0.2) is 0 Å². The first-order valence-electron chi connectivity index (χ1n) is 6.69. The van der Waals surface area contributed by atoms with Crippen molar-refractivity contribution in [3.63, 3.8) is 0 Å². The van der Waals surface area contributed by atoms with Crippen LogP contribution in [0.15, 0.2) is 11.4 Å². The summed E-state index contributed by atoms with van der Waals surface area (Å²) in [6.07, 6.45) is 6.81. The van der Waals surface area contributed by atoms with Crippen molar-refractivity contribution in [3.05, 3.63) is 21.3 Å². The molecule has 1 N–H and O–H groups in total. The molecule has 2 rings (SSSR count). The maximum atomic E-state index is 5.98. The van der Waals surface area contributed by atoms with Gasteiger partial charge in [-0.2, -0.15) is 0 Å². The molecule has 1 saturated carbocycles. The quantitative estimate of drug-likeness (QED) is 0.811. The minimum atomic E-state index is 0.432. The van der Waals surface area contributed by atoms with Crippen LogP contribution >= 0.6 is 22.9 Å². The van der Waals surface area contributed by atoms with Crippen molar-refractivity contribution in [2.24, 2.45) is 5.92 Å². The molecule has 3 heteroatoms. The van der Waals surface area contributed by atoms with E-state index in [2.05, 4.69) is 30.6 Å². The number of rotatable bonds is 4. The maximum Gasteiger partial charge on any atom is 0.0931 e. The fraction of sp³-hybridized carbons (Fsp3) is 0.714. The van der Waals surface area contributed by atoms with Crippen molar-refractivity contribution in [2.45, 2.75) is 58.0 Å². The molecular weight excluding hydrogens is 250 g/mol. The zero-order valence-corrected chi connectivity index (χ0v) is 12.3. The van der Waals surface area contributed by atoms with E-state index in [4.69, 9.17) is 11.6 Å². The monoisotopic (exact) mass is 271 g/mol. The van der Waals surface area contributed by atoms with Gasteiger partial charge in [0.1, 0.15) is 0 Å². The Labute approximate surface area is 114 Å². The summed E-state index contributed by atoms with van der Waals surface area (Å²) >= 11 is 7.60. The van der Waals surface area contributed by atoms with E-state index < -0.39 is 0 Å². The zero-order chi connectivity index (χ0) is 12.3. The molecule has 17 heavy (non-hydrogen) atoms. The van der Waals surface area contributed by atoms with Crippen molar-refractivity contribution in [1.82, 2.24) is 5.32 Å². The summed E-state index contributed by atoms with van der Waals surface area (Å²) < 4.78 is 0.892. The second-order valence-electron chi connectivity index (χ2n) is 5.20. The molecule has 1 aromatic rings. The molecule has 1 heterocycles. The molecule has 0 bridgehead atoms. The van der Waals surface area contributed by atoms with Crippen LogP contribution in [0.1, 0.15) is 57.6 Å². The highest BCUT2D eigenvalue weighted by Crippen LogP contribution is 2.29. The Morgan fingerprint density at radius 2 is 2.12 bits per heavy atom. The number of nitrogens with one attached hydrogen (secondary N) is 1. The van der Waals surface area contributed by atoms with Gasteiger partial charge in [0, 0.05) is 12.1 Å². The van der Waals surface area contributed by atoms with E-state index in [1.54, 1.807) is 11.3 Å². The van der Waals surface area contributed by atoms with Crippen LogP contribution in [0.5, 0.6) is 0 Å². The second kappa shape index (κ2) is 6.21. The number of hydrogen-bond donors (Lipinski definition) is 1. The zero-order valence-electron chi connectivity index (χ0n) is 10.7. The third kappa shape index (κ3) is 3.70. The van der Waals surface area contributed by atoms with Gasteiger partial charge >= 0.3 is 0 Å². The van der Waals surface area contributed by atoms with E-state index in [1.807, 2.05) is 0 Å². The summed E-state index contributed by atoms with van der Waals surface area (Å²) in [5.74, 6) is 0.971. The van der Waals surface area contributed by atoms with E-state index in [-0.39, 0.29) is 0 Å². The molecule has 0 aliphatic heterocycles. The van der Waals surface area contributed by atoms with Crippen LogP contribution in [0.2, 0.25) is 4.34 Å². The predicted octanol–water partition coefficient (Wildman–Crippen LogP) is 5.02. The van der Waals surface area contributed by atoms with Gasteiger partial charge in [0.05, 0.1) is 4.34 Å². The lowest BCUT2D eigenvalue weighted by molar-refractivity contribution is 0.273. The Morgan fingerprint density at radius 1 is 1.41 bits per heavy atom. The summed E-state index contributed by atoms with van der Waals surface area (Å²) in [5.41, 5.74) is 1.33. The smallest absolute Gasteiger partial charge is 0.0931 e. The minimum absolute atomic E-state index is 0.432. The first kappa shape index (κ1) is 13.4. The molecule has 0 amide bonds. The molecule has 1 aliphatic carbocycles. The Kier molecular flexibility index (Phi) is 4.89. The standard InChI is InChI=1S/C14H22ClNS/c1-3-11-4-6-13(7-5-11)16-10(2)12-8-14(15)17-9-12/h8-11,13,16H,3-7H2,1-2H3. The summed E-state index contributed by atoms with van der Waals surface area (Å²) in [5, 5.41) is 5.91. The molecule has 1 unspecified atom stereocenters. The third-order valence-corrected chi connectivity index (χ3v) is 5.11. The average Bonchev–Trinajstić information content (AvgIpc) is 2.77. The van der Waals surface area contributed by atoms with Gasteiger partial charge in [-0.3, -0.25) is 0 Å². The maximum absolute atomic E-state index is 5.98. The van der Waals surface area contributed by atoms with Crippen molar-refractivity contribution in [1.29, 1.82) is 0 Å². The highest BCUT2D eigenvalue weighted by Gasteiger charge is 2.21. The largest absolute Gasteiger partial charge is 0.307 e. The lowest BCUT2D eigenvalue weighted by Crippen LogP contribution is -2.34. The Hall–Kier alpha value is -0.0500. The molecule has 0 aromatic carbocycles. The fourth-order valence-corrected chi connectivity index (χ4v) is 3.72. The van der Waals surface area contributed by atoms with E-state index in [0.29, 0.717) is 12.1 Å². The molecule has 0 spiro atoms. The molecule has 0 saturated heterocycles. The van der Waals surface area contributed by atoms with Gasteiger partial charge in [0.2, 0.25) is 0 Å². The topological polar surface area (TPSA) is 12.0 Å². The predicted molar refractivity (Wildman–Crippen MR) is 76.9 cm³/mol. The van der Waals surface area contributed by atoms with Crippen LogP contribution in [0.25, 0.3) is 0 Å². The van der Waals surface area contributed by atoms with Gasteiger partial charge < -0.3 is 5.32 Å². The fourth-order valence-electron chi connectivity index (χ4n) is 2.74. The molecule has 1 atom stereocenters. The third-order valence-electron chi connectivity index (χ3n) is 4.00.